The lowest BCUT2D eigenvalue weighted by Gasteiger charge is -2.00. The first-order valence-corrected chi connectivity index (χ1v) is 4.64. The van der Waals surface area contributed by atoms with E-state index in [9.17, 15) is 0 Å². The fraction of sp³-hybridized carbons (Fsp3) is 0.182. The van der Waals surface area contributed by atoms with Gasteiger partial charge in [0.05, 0.1) is 23.9 Å². The highest BCUT2D eigenvalue weighted by Gasteiger charge is 1.98. The molecular weight excluding hydrogens is 188 g/mol. The van der Waals surface area contributed by atoms with Crippen LogP contribution in [0.3, 0.4) is 0 Å². The molecule has 0 saturated carbocycles. The van der Waals surface area contributed by atoms with Crippen LogP contribution < -0.4 is 0 Å². The summed E-state index contributed by atoms with van der Waals surface area (Å²) < 4.78 is 1.77. The minimum atomic E-state index is 0.675. The molecule has 0 atom stereocenters. The highest BCUT2D eigenvalue weighted by molar-refractivity contribution is 5.31. The summed E-state index contributed by atoms with van der Waals surface area (Å²) in [5, 5.41) is 16.5. The van der Waals surface area contributed by atoms with Crippen molar-refractivity contribution in [2.24, 2.45) is 0 Å². The maximum absolute atomic E-state index is 8.64. The van der Waals surface area contributed by atoms with Gasteiger partial charge in [0.15, 0.2) is 0 Å². The maximum Gasteiger partial charge on any atom is 0.0991 e. The maximum atomic E-state index is 8.64. The smallest absolute Gasteiger partial charge is 0.0991 e. The van der Waals surface area contributed by atoms with Gasteiger partial charge in [0, 0.05) is 6.20 Å². The highest BCUT2D eigenvalue weighted by Crippen LogP contribution is 2.05. The molecule has 2 aromatic rings. The third-order valence-electron chi connectivity index (χ3n) is 2.08. The van der Waals surface area contributed by atoms with Gasteiger partial charge in [-0.25, -0.2) is 4.68 Å². The van der Waals surface area contributed by atoms with Crippen molar-refractivity contribution in [1.29, 1.82) is 5.26 Å². The second kappa shape index (κ2) is 3.93. The number of aromatic nitrogens is 3. The van der Waals surface area contributed by atoms with Crippen LogP contribution in [0.2, 0.25) is 0 Å². The van der Waals surface area contributed by atoms with Crippen LogP contribution in [0.25, 0.3) is 0 Å². The fourth-order valence-electron chi connectivity index (χ4n) is 1.34. The average molecular weight is 198 g/mol. The Morgan fingerprint density at radius 1 is 1.33 bits per heavy atom. The summed E-state index contributed by atoms with van der Waals surface area (Å²) >= 11 is 0. The van der Waals surface area contributed by atoms with Gasteiger partial charge in [0.1, 0.15) is 0 Å². The number of rotatable bonds is 2. The van der Waals surface area contributed by atoms with Gasteiger partial charge >= 0.3 is 0 Å². The molecule has 0 bridgehead atoms. The molecule has 0 N–H and O–H groups in total. The van der Waals surface area contributed by atoms with Gasteiger partial charge < -0.3 is 0 Å². The molecule has 4 nitrogen and oxygen atoms in total. The molecule has 15 heavy (non-hydrogen) atoms. The molecule has 0 saturated heterocycles. The van der Waals surface area contributed by atoms with Crippen LogP contribution in [0.4, 0.5) is 0 Å². The first-order chi connectivity index (χ1) is 7.28. The van der Waals surface area contributed by atoms with Crippen molar-refractivity contribution >= 4 is 0 Å². The lowest BCUT2D eigenvalue weighted by atomic mass is 10.1. The summed E-state index contributed by atoms with van der Waals surface area (Å²) in [5.41, 5.74) is 2.69. The molecule has 0 fully saturated rings. The van der Waals surface area contributed by atoms with Crippen LogP contribution in [-0.4, -0.2) is 15.0 Å². The number of nitriles is 1. The fourth-order valence-corrected chi connectivity index (χ4v) is 1.34. The third kappa shape index (κ3) is 2.20. The number of hydrogen-bond donors (Lipinski definition) is 0. The standard InChI is InChI=1S/C11H10N4/c1-9-7-15(14-13-9)8-11-4-2-10(6-12)3-5-11/h2-5,7H,8H2,1H3. The van der Waals surface area contributed by atoms with E-state index in [1.165, 1.54) is 0 Å². The summed E-state index contributed by atoms with van der Waals surface area (Å²) in [7, 11) is 0. The number of nitrogens with zero attached hydrogens (tertiary/aromatic N) is 4. The average Bonchev–Trinajstić information content (AvgIpc) is 2.65. The SMILES string of the molecule is Cc1cn(Cc2ccc(C#N)cc2)nn1. The molecule has 0 aliphatic heterocycles. The Morgan fingerprint density at radius 3 is 2.60 bits per heavy atom. The van der Waals surface area contributed by atoms with Crippen molar-refractivity contribution in [3.8, 4) is 6.07 Å². The van der Waals surface area contributed by atoms with Crippen LogP contribution in [0.1, 0.15) is 16.8 Å². The van der Waals surface area contributed by atoms with Gasteiger partial charge in [-0.3, -0.25) is 0 Å². The van der Waals surface area contributed by atoms with Crippen molar-refractivity contribution < 1.29 is 0 Å². The minimum Gasteiger partial charge on any atom is -0.248 e. The second-order valence-corrected chi connectivity index (χ2v) is 3.37. The molecule has 0 spiro atoms. The van der Waals surface area contributed by atoms with Crippen molar-refractivity contribution in [3.63, 3.8) is 0 Å². The summed E-state index contributed by atoms with van der Waals surface area (Å²) in [6.07, 6.45) is 1.89. The van der Waals surface area contributed by atoms with Gasteiger partial charge in [0.2, 0.25) is 0 Å². The van der Waals surface area contributed by atoms with E-state index < -0.39 is 0 Å². The predicted octanol–water partition coefficient (Wildman–Crippen LogP) is 1.51. The van der Waals surface area contributed by atoms with Gasteiger partial charge in [-0.2, -0.15) is 5.26 Å². The normalized spacial score (nSPS) is 9.87. The molecule has 0 aliphatic carbocycles. The van der Waals surface area contributed by atoms with E-state index >= 15 is 0 Å². The number of benzene rings is 1. The molecule has 0 aliphatic rings. The monoisotopic (exact) mass is 198 g/mol. The molecule has 2 rings (SSSR count). The van der Waals surface area contributed by atoms with E-state index in [2.05, 4.69) is 16.4 Å². The number of aryl methyl sites for hydroxylation is 1. The third-order valence-corrected chi connectivity index (χ3v) is 2.08. The van der Waals surface area contributed by atoms with Gasteiger partial charge in [-0.05, 0) is 24.6 Å². The molecule has 0 amide bonds. The van der Waals surface area contributed by atoms with Crippen LogP contribution in [0.15, 0.2) is 30.5 Å². The van der Waals surface area contributed by atoms with Crippen molar-refractivity contribution in [3.05, 3.63) is 47.3 Å². The topological polar surface area (TPSA) is 54.5 Å². The molecule has 1 aromatic carbocycles. The lowest BCUT2D eigenvalue weighted by molar-refractivity contribution is 0.649. The van der Waals surface area contributed by atoms with Crippen LogP contribution in [-0.2, 0) is 6.54 Å². The van der Waals surface area contributed by atoms with E-state index in [1.54, 1.807) is 16.8 Å². The molecule has 1 heterocycles. The van der Waals surface area contributed by atoms with E-state index in [1.807, 2.05) is 25.3 Å². The Balaban J connectivity index is 2.15. The Hall–Kier alpha value is -2.15. The predicted molar refractivity (Wildman–Crippen MR) is 55.0 cm³/mol. The van der Waals surface area contributed by atoms with Crippen molar-refractivity contribution in [2.75, 3.05) is 0 Å². The molecule has 0 radical (unpaired) electrons. The molecule has 1 aromatic heterocycles. The zero-order chi connectivity index (χ0) is 10.7. The first-order valence-electron chi connectivity index (χ1n) is 4.64. The summed E-state index contributed by atoms with van der Waals surface area (Å²) in [4.78, 5) is 0. The van der Waals surface area contributed by atoms with Gasteiger partial charge in [0.25, 0.3) is 0 Å². The summed E-state index contributed by atoms with van der Waals surface area (Å²) in [6, 6.07) is 9.55. The second-order valence-electron chi connectivity index (χ2n) is 3.37. The van der Waals surface area contributed by atoms with Crippen molar-refractivity contribution in [2.45, 2.75) is 13.5 Å². The van der Waals surface area contributed by atoms with Gasteiger partial charge in [-0.1, -0.05) is 17.3 Å². The van der Waals surface area contributed by atoms with E-state index in [-0.39, 0.29) is 0 Å². The van der Waals surface area contributed by atoms with Crippen LogP contribution >= 0.6 is 0 Å². The van der Waals surface area contributed by atoms with Crippen molar-refractivity contribution in [1.82, 2.24) is 15.0 Å². The van der Waals surface area contributed by atoms with Gasteiger partial charge in [-0.15, -0.1) is 5.10 Å². The first kappa shape index (κ1) is 9.41. The van der Waals surface area contributed by atoms with Crippen LogP contribution in [0, 0.1) is 18.3 Å². The largest absolute Gasteiger partial charge is 0.248 e. The van der Waals surface area contributed by atoms with Crippen LogP contribution in [0.5, 0.6) is 0 Å². The molecule has 4 heteroatoms. The summed E-state index contributed by atoms with van der Waals surface area (Å²) in [5.74, 6) is 0. The minimum absolute atomic E-state index is 0.675. The Kier molecular flexibility index (Phi) is 2.46. The molecule has 0 unspecified atom stereocenters. The number of hydrogen-bond acceptors (Lipinski definition) is 3. The quantitative estimate of drug-likeness (QED) is 0.734. The zero-order valence-corrected chi connectivity index (χ0v) is 8.38. The Bertz CT molecular complexity index is 490. The Labute approximate surface area is 87.8 Å². The molecular formula is C11H10N4. The highest BCUT2D eigenvalue weighted by atomic mass is 15.4. The summed E-state index contributed by atoms with van der Waals surface area (Å²) in [6.45, 7) is 2.59. The van der Waals surface area contributed by atoms with E-state index in [0.29, 0.717) is 12.1 Å². The lowest BCUT2D eigenvalue weighted by Crippen LogP contribution is -2.00. The Morgan fingerprint density at radius 2 is 2.07 bits per heavy atom. The zero-order valence-electron chi connectivity index (χ0n) is 8.38. The van der Waals surface area contributed by atoms with E-state index in [4.69, 9.17) is 5.26 Å². The molecule has 74 valence electrons. The van der Waals surface area contributed by atoms with E-state index in [0.717, 1.165) is 11.3 Å².